The topological polar surface area (TPSA) is 70.7 Å². The largest absolute Gasteiger partial charge is 0.383 e. The van der Waals surface area contributed by atoms with Gasteiger partial charge in [-0.05, 0) is 37.1 Å². The van der Waals surface area contributed by atoms with E-state index in [4.69, 9.17) is 4.74 Å². The van der Waals surface area contributed by atoms with Crippen LogP contribution in [0.5, 0.6) is 0 Å². The van der Waals surface area contributed by atoms with Crippen LogP contribution in [0.4, 0.5) is 15.5 Å². The van der Waals surface area contributed by atoms with E-state index in [1.807, 2.05) is 35.2 Å². The van der Waals surface area contributed by atoms with Gasteiger partial charge >= 0.3 is 6.03 Å². The molecule has 27 heavy (non-hydrogen) atoms. The molecular weight excluding hydrogens is 362 g/mol. The van der Waals surface area contributed by atoms with Crippen molar-refractivity contribution in [1.29, 1.82) is 0 Å². The number of carbonyl (C=O) groups is 2. The van der Waals surface area contributed by atoms with Gasteiger partial charge in [-0.1, -0.05) is 32.0 Å². The van der Waals surface area contributed by atoms with Gasteiger partial charge in [0, 0.05) is 25.4 Å². The van der Waals surface area contributed by atoms with Gasteiger partial charge in [-0.15, -0.1) is 11.3 Å². The number of para-hydroxylation sites is 1. The summed E-state index contributed by atoms with van der Waals surface area (Å²) < 4.78 is 5.16. The summed E-state index contributed by atoms with van der Waals surface area (Å²) in [7, 11) is 1.63. The molecule has 0 spiro atoms. The van der Waals surface area contributed by atoms with Crippen molar-refractivity contribution >= 4 is 34.0 Å². The Labute approximate surface area is 164 Å². The Morgan fingerprint density at radius 2 is 1.78 bits per heavy atom. The highest BCUT2D eigenvalue weighted by Gasteiger charge is 2.23. The lowest BCUT2D eigenvalue weighted by atomic mass is 10.1. The number of amides is 3. The second-order valence-electron chi connectivity index (χ2n) is 6.07. The molecule has 1 aromatic heterocycles. The second kappa shape index (κ2) is 10.7. The molecule has 3 amide bonds. The summed E-state index contributed by atoms with van der Waals surface area (Å²) in [6, 6.07) is 12.6. The fraction of sp³-hybridized carbons (Fsp3) is 0.400. The van der Waals surface area contributed by atoms with Gasteiger partial charge in [-0.2, -0.15) is 0 Å². The van der Waals surface area contributed by atoms with Crippen molar-refractivity contribution in [2.75, 3.05) is 30.9 Å². The number of benzene rings is 1. The van der Waals surface area contributed by atoms with Crippen LogP contribution in [0.3, 0.4) is 0 Å². The van der Waals surface area contributed by atoms with Crippen molar-refractivity contribution in [2.45, 2.75) is 32.7 Å². The summed E-state index contributed by atoms with van der Waals surface area (Å²) in [6.45, 7) is 5.21. The highest BCUT2D eigenvalue weighted by Crippen LogP contribution is 2.25. The number of ether oxygens (including phenoxy) is 1. The van der Waals surface area contributed by atoms with Crippen molar-refractivity contribution in [3.8, 4) is 0 Å². The van der Waals surface area contributed by atoms with Crippen molar-refractivity contribution in [2.24, 2.45) is 0 Å². The number of anilines is 2. The van der Waals surface area contributed by atoms with E-state index in [-0.39, 0.29) is 18.0 Å². The third-order valence-electron chi connectivity index (χ3n) is 4.27. The SMILES string of the molecule is CCC(CC)N(CCOC)C(=O)c1ccc(NC(=O)Nc2ccccc2)s1. The lowest BCUT2D eigenvalue weighted by molar-refractivity contribution is 0.0594. The Bertz CT molecular complexity index is 729. The van der Waals surface area contributed by atoms with Crippen LogP contribution in [0.1, 0.15) is 36.4 Å². The summed E-state index contributed by atoms with van der Waals surface area (Å²) in [5.41, 5.74) is 0.710. The lowest BCUT2D eigenvalue weighted by Crippen LogP contribution is -2.41. The van der Waals surface area contributed by atoms with Crippen LogP contribution >= 0.6 is 11.3 Å². The van der Waals surface area contributed by atoms with Crippen LogP contribution in [-0.4, -0.2) is 43.1 Å². The minimum atomic E-state index is -0.335. The van der Waals surface area contributed by atoms with Crippen LogP contribution < -0.4 is 10.6 Å². The summed E-state index contributed by atoms with van der Waals surface area (Å²) in [4.78, 5) is 27.5. The molecule has 2 aromatic rings. The molecule has 0 saturated carbocycles. The number of thiophene rings is 1. The van der Waals surface area contributed by atoms with Gasteiger partial charge in [0.1, 0.15) is 0 Å². The molecule has 6 nitrogen and oxygen atoms in total. The molecule has 0 aliphatic carbocycles. The minimum absolute atomic E-state index is 0.0257. The van der Waals surface area contributed by atoms with Crippen LogP contribution in [0.25, 0.3) is 0 Å². The van der Waals surface area contributed by atoms with Crippen LogP contribution in [0.15, 0.2) is 42.5 Å². The molecule has 0 aliphatic heterocycles. The van der Waals surface area contributed by atoms with E-state index in [1.165, 1.54) is 11.3 Å². The van der Waals surface area contributed by atoms with Gasteiger partial charge in [0.15, 0.2) is 0 Å². The monoisotopic (exact) mass is 389 g/mol. The molecule has 2 rings (SSSR count). The first-order valence-corrected chi connectivity index (χ1v) is 9.93. The molecule has 146 valence electrons. The first kappa shape index (κ1) is 20.9. The Hall–Kier alpha value is -2.38. The van der Waals surface area contributed by atoms with E-state index in [2.05, 4.69) is 24.5 Å². The van der Waals surface area contributed by atoms with Crippen molar-refractivity contribution < 1.29 is 14.3 Å². The summed E-state index contributed by atoms with van der Waals surface area (Å²) in [5, 5.41) is 6.17. The molecule has 0 aliphatic rings. The highest BCUT2D eigenvalue weighted by molar-refractivity contribution is 7.18. The lowest BCUT2D eigenvalue weighted by Gasteiger charge is -2.30. The number of carbonyl (C=O) groups excluding carboxylic acids is 2. The number of hydrogen-bond acceptors (Lipinski definition) is 4. The summed E-state index contributed by atoms with van der Waals surface area (Å²) in [5.74, 6) is -0.0257. The predicted molar refractivity (Wildman–Crippen MR) is 111 cm³/mol. The zero-order valence-corrected chi connectivity index (χ0v) is 16.8. The average Bonchev–Trinajstić information content (AvgIpc) is 3.13. The third-order valence-corrected chi connectivity index (χ3v) is 5.25. The minimum Gasteiger partial charge on any atom is -0.383 e. The molecule has 1 aromatic carbocycles. The predicted octanol–water partition coefficient (Wildman–Crippen LogP) is 4.67. The standard InChI is InChI=1S/C20H27N3O3S/c1-4-16(5-2)23(13-14-26-3)19(24)17-11-12-18(27-17)22-20(25)21-15-9-7-6-8-10-15/h6-12,16H,4-5,13-14H2,1-3H3,(H2,21,22,25). The first-order valence-electron chi connectivity index (χ1n) is 9.11. The Morgan fingerprint density at radius 1 is 1.07 bits per heavy atom. The maximum Gasteiger partial charge on any atom is 0.324 e. The molecule has 0 atom stereocenters. The number of hydrogen-bond donors (Lipinski definition) is 2. The average molecular weight is 390 g/mol. The first-order chi connectivity index (χ1) is 13.1. The Morgan fingerprint density at radius 3 is 2.41 bits per heavy atom. The molecule has 7 heteroatoms. The van der Waals surface area contributed by atoms with E-state index in [0.717, 1.165) is 12.8 Å². The molecule has 2 N–H and O–H groups in total. The van der Waals surface area contributed by atoms with Gasteiger partial charge in [0.25, 0.3) is 5.91 Å². The van der Waals surface area contributed by atoms with Crippen LogP contribution in [0.2, 0.25) is 0 Å². The Kier molecular flexibility index (Phi) is 8.29. The van der Waals surface area contributed by atoms with E-state index in [1.54, 1.807) is 19.2 Å². The van der Waals surface area contributed by atoms with Gasteiger partial charge in [-0.3, -0.25) is 10.1 Å². The van der Waals surface area contributed by atoms with Crippen LogP contribution in [-0.2, 0) is 4.74 Å². The molecular formula is C20H27N3O3S. The fourth-order valence-electron chi connectivity index (χ4n) is 2.83. The molecule has 0 saturated heterocycles. The van der Waals surface area contributed by atoms with Gasteiger partial charge in [-0.25, -0.2) is 4.79 Å². The number of rotatable bonds is 9. The van der Waals surface area contributed by atoms with Gasteiger partial charge < -0.3 is 15.0 Å². The fourth-order valence-corrected chi connectivity index (χ4v) is 3.68. The molecule has 0 fully saturated rings. The smallest absolute Gasteiger partial charge is 0.324 e. The van der Waals surface area contributed by atoms with E-state index in [0.29, 0.717) is 28.7 Å². The van der Waals surface area contributed by atoms with Crippen LogP contribution in [0, 0.1) is 0 Å². The van der Waals surface area contributed by atoms with E-state index in [9.17, 15) is 9.59 Å². The van der Waals surface area contributed by atoms with Crippen molar-refractivity contribution in [3.63, 3.8) is 0 Å². The van der Waals surface area contributed by atoms with E-state index < -0.39 is 0 Å². The maximum absolute atomic E-state index is 13.0. The van der Waals surface area contributed by atoms with Gasteiger partial charge in [0.05, 0.1) is 16.5 Å². The van der Waals surface area contributed by atoms with E-state index >= 15 is 0 Å². The summed E-state index contributed by atoms with van der Waals surface area (Å²) >= 11 is 1.28. The number of methoxy groups -OCH3 is 1. The number of nitrogens with zero attached hydrogens (tertiary/aromatic N) is 1. The number of urea groups is 1. The van der Waals surface area contributed by atoms with Crippen molar-refractivity contribution in [1.82, 2.24) is 4.90 Å². The molecule has 0 radical (unpaired) electrons. The quantitative estimate of drug-likeness (QED) is 0.655. The Balaban J connectivity index is 2.03. The third kappa shape index (κ3) is 6.08. The highest BCUT2D eigenvalue weighted by atomic mass is 32.1. The molecule has 0 unspecified atom stereocenters. The number of nitrogens with one attached hydrogen (secondary N) is 2. The zero-order valence-electron chi connectivity index (χ0n) is 16.0. The molecule has 1 heterocycles. The normalized spacial score (nSPS) is 10.7. The van der Waals surface area contributed by atoms with Gasteiger partial charge in [0.2, 0.25) is 0 Å². The maximum atomic E-state index is 13.0. The molecule has 0 bridgehead atoms. The zero-order chi connectivity index (χ0) is 19.6. The second-order valence-corrected chi connectivity index (χ2v) is 7.15. The summed E-state index contributed by atoms with van der Waals surface area (Å²) in [6.07, 6.45) is 1.78. The van der Waals surface area contributed by atoms with Crippen molar-refractivity contribution in [3.05, 3.63) is 47.3 Å².